The second-order valence-electron chi connectivity index (χ2n) is 7.54. The number of ether oxygens (including phenoxy) is 3. The van der Waals surface area contributed by atoms with Crippen molar-refractivity contribution in [2.75, 3.05) is 41.0 Å². The third-order valence-corrected chi connectivity index (χ3v) is 5.57. The molecule has 0 heterocycles. The molecule has 2 aromatic rings. The first-order valence-corrected chi connectivity index (χ1v) is 10.5. The molecule has 6 heteroatoms. The second-order valence-corrected chi connectivity index (χ2v) is 7.54. The molecule has 1 aliphatic rings. The quantitative estimate of drug-likeness (QED) is 0.462. The maximum Gasteiger partial charge on any atom is 0.191 e. The van der Waals surface area contributed by atoms with Crippen molar-refractivity contribution >= 4 is 5.96 Å². The number of para-hydroxylation sites is 1. The molecule has 1 aliphatic carbocycles. The van der Waals surface area contributed by atoms with Crippen molar-refractivity contribution in [3.05, 3.63) is 53.6 Å². The van der Waals surface area contributed by atoms with Crippen LogP contribution in [0.1, 0.15) is 30.9 Å². The zero-order valence-electron chi connectivity index (χ0n) is 18.5. The Kier molecular flexibility index (Phi) is 7.44. The number of rotatable bonds is 10. The molecule has 1 saturated carbocycles. The van der Waals surface area contributed by atoms with Crippen LogP contribution in [0, 0.1) is 0 Å². The summed E-state index contributed by atoms with van der Waals surface area (Å²) < 4.78 is 16.3. The fraction of sp³-hybridized carbons (Fsp3) is 0.458. The minimum Gasteiger partial charge on any atom is -0.496 e. The predicted molar refractivity (Wildman–Crippen MR) is 121 cm³/mol. The standard InChI is InChI=1S/C24H33N3O3/c1-5-25-23(26-15-12-18-10-11-21(29-3)22(16-18)30-4)27-17-24(13-14-24)19-8-6-7-9-20(19)28-2/h6-11,16H,5,12-15,17H2,1-4H3,(H2,25,26,27). The van der Waals surface area contributed by atoms with Gasteiger partial charge in [0.15, 0.2) is 17.5 Å². The van der Waals surface area contributed by atoms with Crippen molar-refractivity contribution in [2.24, 2.45) is 4.99 Å². The highest BCUT2D eigenvalue weighted by atomic mass is 16.5. The van der Waals surface area contributed by atoms with Crippen LogP contribution in [0.15, 0.2) is 47.5 Å². The molecule has 30 heavy (non-hydrogen) atoms. The van der Waals surface area contributed by atoms with E-state index >= 15 is 0 Å². The number of benzene rings is 2. The molecular formula is C24H33N3O3. The summed E-state index contributed by atoms with van der Waals surface area (Å²) in [6.45, 7) is 4.44. The summed E-state index contributed by atoms with van der Waals surface area (Å²) in [7, 11) is 5.04. The minimum atomic E-state index is 0.0955. The second kappa shape index (κ2) is 10.2. The van der Waals surface area contributed by atoms with Crippen LogP contribution in [0.5, 0.6) is 17.2 Å². The van der Waals surface area contributed by atoms with Gasteiger partial charge in [-0.2, -0.15) is 0 Å². The molecule has 2 N–H and O–H groups in total. The Labute approximate surface area is 179 Å². The molecule has 6 nitrogen and oxygen atoms in total. The Morgan fingerprint density at radius 2 is 1.67 bits per heavy atom. The van der Waals surface area contributed by atoms with E-state index in [4.69, 9.17) is 19.2 Å². The van der Waals surface area contributed by atoms with Gasteiger partial charge in [0.2, 0.25) is 0 Å². The molecule has 0 atom stereocenters. The summed E-state index contributed by atoms with van der Waals surface area (Å²) in [5, 5.41) is 6.80. The number of aliphatic imine (C=N–C) groups is 1. The van der Waals surface area contributed by atoms with Crippen LogP contribution in [-0.2, 0) is 11.8 Å². The fourth-order valence-corrected chi connectivity index (χ4v) is 3.68. The van der Waals surface area contributed by atoms with Crippen molar-refractivity contribution in [2.45, 2.75) is 31.6 Å². The summed E-state index contributed by atoms with van der Waals surface area (Å²) in [6, 6.07) is 14.3. The smallest absolute Gasteiger partial charge is 0.191 e. The maximum atomic E-state index is 5.58. The van der Waals surface area contributed by atoms with E-state index in [1.807, 2.05) is 24.3 Å². The molecular weight excluding hydrogens is 378 g/mol. The first-order valence-electron chi connectivity index (χ1n) is 10.5. The lowest BCUT2D eigenvalue weighted by molar-refractivity contribution is 0.354. The number of nitrogens with zero attached hydrogens (tertiary/aromatic N) is 1. The van der Waals surface area contributed by atoms with Crippen molar-refractivity contribution in [3.63, 3.8) is 0 Å². The molecule has 0 radical (unpaired) electrons. The van der Waals surface area contributed by atoms with Gasteiger partial charge in [-0.15, -0.1) is 0 Å². The van der Waals surface area contributed by atoms with Gasteiger partial charge in [0.25, 0.3) is 0 Å². The fourth-order valence-electron chi connectivity index (χ4n) is 3.68. The lowest BCUT2D eigenvalue weighted by atomic mass is 9.95. The van der Waals surface area contributed by atoms with Crippen LogP contribution in [-0.4, -0.2) is 46.9 Å². The van der Waals surface area contributed by atoms with Gasteiger partial charge in [0.1, 0.15) is 5.75 Å². The molecule has 0 unspecified atom stereocenters. The molecule has 162 valence electrons. The molecule has 0 saturated heterocycles. The summed E-state index contributed by atoms with van der Waals surface area (Å²) in [5.74, 6) is 3.30. The van der Waals surface area contributed by atoms with Gasteiger partial charge in [-0.1, -0.05) is 24.3 Å². The van der Waals surface area contributed by atoms with Crippen LogP contribution in [0.25, 0.3) is 0 Å². The number of guanidine groups is 1. The van der Waals surface area contributed by atoms with Crippen LogP contribution in [0.4, 0.5) is 0 Å². The third kappa shape index (κ3) is 5.17. The zero-order chi connectivity index (χ0) is 21.4. The summed E-state index contributed by atoms with van der Waals surface area (Å²) >= 11 is 0. The van der Waals surface area contributed by atoms with E-state index in [0.717, 1.165) is 62.1 Å². The molecule has 0 amide bonds. The Hall–Kier alpha value is -2.89. The normalized spacial score (nSPS) is 14.7. The molecule has 2 aromatic carbocycles. The van der Waals surface area contributed by atoms with E-state index in [1.165, 1.54) is 11.1 Å². The average Bonchev–Trinajstić information content (AvgIpc) is 3.58. The van der Waals surface area contributed by atoms with Crippen LogP contribution >= 0.6 is 0 Å². The first kappa shape index (κ1) is 21.8. The number of nitrogens with one attached hydrogen (secondary N) is 2. The summed E-state index contributed by atoms with van der Waals surface area (Å²) in [4.78, 5) is 4.89. The van der Waals surface area contributed by atoms with Gasteiger partial charge in [-0.3, -0.25) is 4.99 Å². The summed E-state index contributed by atoms with van der Waals surface area (Å²) in [6.07, 6.45) is 3.15. The van der Waals surface area contributed by atoms with E-state index in [9.17, 15) is 0 Å². The van der Waals surface area contributed by atoms with Gasteiger partial charge in [0, 0.05) is 24.1 Å². The molecule has 0 aliphatic heterocycles. The maximum absolute atomic E-state index is 5.58. The van der Waals surface area contributed by atoms with Crippen molar-refractivity contribution in [1.29, 1.82) is 0 Å². The lowest BCUT2D eigenvalue weighted by Gasteiger charge is -2.18. The third-order valence-electron chi connectivity index (χ3n) is 5.57. The molecule has 1 fully saturated rings. The van der Waals surface area contributed by atoms with Gasteiger partial charge >= 0.3 is 0 Å². The Balaban J connectivity index is 1.61. The van der Waals surface area contributed by atoms with Crippen molar-refractivity contribution < 1.29 is 14.2 Å². The highest BCUT2D eigenvalue weighted by Crippen LogP contribution is 2.51. The first-order chi connectivity index (χ1) is 14.7. The highest BCUT2D eigenvalue weighted by molar-refractivity contribution is 5.79. The van der Waals surface area contributed by atoms with E-state index < -0.39 is 0 Å². The molecule has 3 rings (SSSR count). The topological polar surface area (TPSA) is 64.1 Å². The number of hydrogen-bond acceptors (Lipinski definition) is 4. The zero-order valence-corrected chi connectivity index (χ0v) is 18.5. The monoisotopic (exact) mass is 411 g/mol. The van der Waals surface area contributed by atoms with Crippen molar-refractivity contribution in [1.82, 2.24) is 10.6 Å². The van der Waals surface area contributed by atoms with Gasteiger partial charge in [-0.05, 0) is 49.9 Å². The Morgan fingerprint density at radius 3 is 2.33 bits per heavy atom. The van der Waals surface area contributed by atoms with Crippen LogP contribution in [0.2, 0.25) is 0 Å². The lowest BCUT2D eigenvalue weighted by Crippen LogP contribution is -2.39. The molecule has 0 bridgehead atoms. The van der Waals surface area contributed by atoms with Gasteiger partial charge < -0.3 is 24.8 Å². The Morgan fingerprint density at radius 1 is 0.933 bits per heavy atom. The van der Waals surface area contributed by atoms with E-state index in [1.54, 1.807) is 21.3 Å². The average molecular weight is 412 g/mol. The van der Waals surface area contributed by atoms with E-state index in [2.05, 4.69) is 35.8 Å². The largest absolute Gasteiger partial charge is 0.496 e. The van der Waals surface area contributed by atoms with E-state index in [-0.39, 0.29) is 5.41 Å². The summed E-state index contributed by atoms with van der Waals surface area (Å²) in [5.41, 5.74) is 2.54. The highest BCUT2D eigenvalue weighted by Gasteiger charge is 2.46. The van der Waals surface area contributed by atoms with Crippen LogP contribution in [0.3, 0.4) is 0 Å². The predicted octanol–water partition coefficient (Wildman–Crippen LogP) is 3.54. The van der Waals surface area contributed by atoms with Gasteiger partial charge in [-0.25, -0.2) is 0 Å². The minimum absolute atomic E-state index is 0.0955. The SMILES string of the molecule is CCNC(=NCC1(c2ccccc2OC)CC1)NCCc1ccc(OC)c(OC)c1. The van der Waals surface area contributed by atoms with Crippen molar-refractivity contribution in [3.8, 4) is 17.2 Å². The van der Waals surface area contributed by atoms with Crippen LogP contribution < -0.4 is 24.8 Å². The van der Waals surface area contributed by atoms with Gasteiger partial charge in [0.05, 0.1) is 27.9 Å². The number of methoxy groups -OCH3 is 3. The molecule has 0 aromatic heterocycles. The Bertz CT molecular complexity index is 863. The number of hydrogen-bond donors (Lipinski definition) is 2. The molecule has 0 spiro atoms. The van der Waals surface area contributed by atoms with E-state index in [0.29, 0.717) is 0 Å².